The number of hydrogen-bond donors (Lipinski definition) is 1. The zero-order chi connectivity index (χ0) is 5.11. The Hall–Kier alpha value is -0.150. The van der Waals surface area contributed by atoms with Crippen LogP contribution in [0.5, 0.6) is 0 Å². The Balaban J connectivity index is 2.25. The van der Waals surface area contributed by atoms with Gasteiger partial charge in [-0.05, 0) is 0 Å². The fraction of sp³-hybridized carbons (Fsp3) is 0.750. The summed E-state index contributed by atoms with van der Waals surface area (Å²) in [4.78, 5) is 0.825. The molecule has 3 heteroatoms. The summed E-state index contributed by atoms with van der Waals surface area (Å²) in [6.45, 7) is 2.27. The van der Waals surface area contributed by atoms with Crippen LogP contribution in [0.2, 0.25) is 0 Å². The molecule has 0 amide bonds. The molecule has 1 N–H and O–H groups in total. The number of thiocarbonyl (C=S) groups is 1. The summed E-state index contributed by atoms with van der Waals surface area (Å²) in [6.07, 6.45) is 0. The number of hydrogen-bond acceptors (Lipinski definition) is 2. The molecule has 1 heterocycles. The van der Waals surface area contributed by atoms with Crippen LogP contribution < -0.4 is 5.32 Å². The molecule has 1 fully saturated rings. The van der Waals surface area contributed by atoms with Gasteiger partial charge in [0.2, 0.25) is 0 Å². The van der Waals surface area contributed by atoms with Crippen LogP contribution in [0.25, 0.3) is 0 Å². The molecule has 1 aliphatic rings. The Labute approximate surface area is 47.9 Å². The summed E-state index contributed by atoms with van der Waals surface area (Å²) >= 11 is 4.77. The zero-order valence-corrected chi connectivity index (χ0v) is 4.75. The summed E-state index contributed by atoms with van der Waals surface area (Å²) in [5.41, 5.74) is 0. The fourth-order valence-electron chi connectivity index (χ4n) is 0.479. The van der Waals surface area contributed by atoms with Gasteiger partial charge in [-0.2, -0.15) is 0 Å². The minimum atomic E-state index is 0.606. The minimum Gasteiger partial charge on any atom is -0.375 e. The third kappa shape index (κ3) is 1.41. The van der Waals surface area contributed by atoms with Gasteiger partial charge in [-0.1, -0.05) is 12.2 Å². The van der Waals surface area contributed by atoms with E-state index in [0.29, 0.717) is 6.61 Å². The summed E-state index contributed by atoms with van der Waals surface area (Å²) in [7, 11) is 0. The van der Waals surface area contributed by atoms with Crippen LogP contribution in [0, 0.1) is 0 Å². The predicted octanol–water partition coefficient (Wildman–Crippen LogP) is -0.0664. The van der Waals surface area contributed by atoms with Gasteiger partial charge >= 0.3 is 0 Å². The van der Waals surface area contributed by atoms with Gasteiger partial charge in [0.25, 0.3) is 0 Å². The molecule has 0 bridgehead atoms. The molecule has 0 spiro atoms. The minimum absolute atomic E-state index is 0.606. The van der Waals surface area contributed by atoms with Gasteiger partial charge in [-0.25, -0.2) is 0 Å². The van der Waals surface area contributed by atoms with Crippen LogP contribution in [-0.2, 0) is 4.74 Å². The molecule has 0 saturated carbocycles. The lowest BCUT2D eigenvalue weighted by atomic mass is 10.5. The van der Waals surface area contributed by atoms with E-state index in [-0.39, 0.29) is 0 Å². The molecular formula is C4H7NOS. The van der Waals surface area contributed by atoms with E-state index in [4.69, 9.17) is 17.0 Å². The maximum Gasteiger partial charge on any atom is 0.102 e. The lowest BCUT2D eigenvalue weighted by Gasteiger charge is -2.13. The molecule has 0 atom stereocenters. The number of rotatable bonds is 0. The summed E-state index contributed by atoms with van der Waals surface area (Å²) in [5.74, 6) is 0. The van der Waals surface area contributed by atoms with Crippen molar-refractivity contribution in [3.8, 4) is 0 Å². The molecule has 0 aromatic carbocycles. The third-order valence-corrected chi connectivity index (χ3v) is 1.06. The molecule has 1 rings (SSSR count). The molecular weight excluding hydrogens is 110 g/mol. The van der Waals surface area contributed by atoms with Gasteiger partial charge in [0.1, 0.15) is 4.99 Å². The van der Waals surface area contributed by atoms with Crippen molar-refractivity contribution >= 4 is 17.2 Å². The van der Waals surface area contributed by atoms with E-state index < -0.39 is 0 Å². The van der Waals surface area contributed by atoms with Crippen LogP contribution in [0.1, 0.15) is 0 Å². The van der Waals surface area contributed by atoms with Crippen LogP contribution >= 0.6 is 12.2 Å². The lowest BCUT2D eigenvalue weighted by Crippen LogP contribution is -2.35. The maximum atomic E-state index is 4.98. The number of morpholine rings is 1. The van der Waals surface area contributed by atoms with E-state index >= 15 is 0 Å². The monoisotopic (exact) mass is 117 g/mol. The van der Waals surface area contributed by atoms with Crippen molar-refractivity contribution in [2.45, 2.75) is 0 Å². The van der Waals surface area contributed by atoms with E-state index in [9.17, 15) is 0 Å². The molecule has 40 valence electrons. The average Bonchev–Trinajstić information content (AvgIpc) is 1.69. The summed E-state index contributed by atoms with van der Waals surface area (Å²) in [6, 6.07) is 0. The van der Waals surface area contributed by atoms with Crippen LogP contribution in [0.15, 0.2) is 0 Å². The van der Waals surface area contributed by atoms with E-state index in [1.807, 2.05) is 0 Å². The molecule has 1 aliphatic heterocycles. The van der Waals surface area contributed by atoms with Gasteiger partial charge in [0.05, 0.1) is 13.2 Å². The molecule has 1 saturated heterocycles. The van der Waals surface area contributed by atoms with E-state index in [1.54, 1.807) is 0 Å². The highest BCUT2D eigenvalue weighted by atomic mass is 32.1. The number of nitrogens with one attached hydrogen (secondary N) is 1. The van der Waals surface area contributed by atoms with Crippen LogP contribution in [0.4, 0.5) is 0 Å². The van der Waals surface area contributed by atoms with Crippen molar-refractivity contribution in [2.24, 2.45) is 0 Å². The normalized spacial score (nSPS) is 21.4. The first kappa shape index (κ1) is 5.00. The number of ether oxygens (including phenoxy) is 1. The highest BCUT2D eigenvalue weighted by Gasteiger charge is 2.00. The molecule has 0 unspecified atom stereocenters. The van der Waals surface area contributed by atoms with E-state index in [2.05, 4.69) is 5.32 Å². The van der Waals surface area contributed by atoms with Gasteiger partial charge in [-0.3, -0.25) is 0 Å². The Morgan fingerprint density at radius 3 is 2.86 bits per heavy atom. The van der Waals surface area contributed by atoms with Gasteiger partial charge in [-0.15, -0.1) is 0 Å². The lowest BCUT2D eigenvalue weighted by molar-refractivity contribution is 0.161. The second kappa shape index (κ2) is 2.23. The van der Waals surface area contributed by atoms with Crippen molar-refractivity contribution in [1.82, 2.24) is 5.32 Å². The largest absolute Gasteiger partial charge is 0.375 e. The molecule has 0 aromatic rings. The Bertz CT molecular complexity index is 75.8. The van der Waals surface area contributed by atoms with Crippen molar-refractivity contribution in [1.29, 1.82) is 0 Å². The van der Waals surface area contributed by atoms with E-state index in [0.717, 1.165) is 18.1 Å². The average molecular weight is 117 g/mol. The standard InChI is InChI=1S/C4H7NOS/c7-4-3-6-2-1-5-4/h1-3H2,(H,5,7). The highest BCUT2D eigenvalue weighted by molar-refractivity contribution is 7.80. The van der Waals surface area contributed by atoms with Gasteiger partial charge in [0, 0.05) is 6.54 Å². The molecule has 0 radical (unpaired) electrons. The van der Waals surface area contributed by atoms with E-state index in [1.165, 1.54) is 0 Å². The Kier molecular flexibility index (Phi) is 1.59. The summed E-state index contributed by atoms with van der Waals surface area (Å²) in [5, 5.41) is 2.99. The van der Waals surface area contributed by atoms with Crippen molar-refractivity contribution in [3.63, 3.8) is 0 Å². The molecule has 0 aromatic heterocycles. The van der Waals surface area contributed by atoms with Crippen molar-refractivity contribution < 1.29 is 4.74 Å². The SMILES string of the molecule is S=C1COCCN1. The Morgan fingerprint density at radius 2 is 2.57 bits per heavy atom. The third-order valence-electron chi connectivity index (χ3n) is 0.802. The maximum absolute atomic E-state index is 4.98. The van der Waals surface area contributed by atoms with Crippen molar-refractivity contribution in [3.05, 3.63) is 0 Å². The second-order valence-corrected chi connectivity index (χ2v) is 1.90. The van der Waals surface area contributed by atoms with Crippen LogP contribution in [-0.4, -0.2) is 24.7 Å². The highest BCUT2D eigenvalue weighted by Crippen LogP contribution is 1.82. The Morgan fingerprint density at radius 1 is 1.71 bits per heavy atom. The first-order chi connectivity index (χ1) is 3.39. The van der Waals surface area contributed by atoms with Crippen molar-refractivity contribution in [2.75, 3.05) is 19.8 Å². The second-order valence-electron chi connectivity index (χ2n) is 1.40. The molecule has 2 nitrogen and oxygen atoms in total. The van der Waals surface area contributed by atoms with Gasteiger partial charge in [0.15, 0.2) is 0 Å². The topological polar surface area (TPSA) is 21.3 Å². The zero-order valence-electron chi connectivity index (χ0n) is 3.94. The first-order valence-electron chi connectivity index (χ1n) is 2.24. The van der Waals surface area contributed by atoms with Gasteiger partial charge < -0.3 is 10.1 Å². The fourth-order valence-corrected chi connectivity index (χ4v) is 0.664. The smallest absolute Gasteiger partial charge is 0.102 e. The molecule has 0 aliphatic carbocycles. The molecule has 7 heavy (non-hydrogen) atoms. The quantitative estimate of drug-likeness (QED) is 0.449. The van der Waals surface area contributed by atoms with Crippen LogP contribution in [0.3, 0.4) is 0 Å². The first-order valence-corrected chi connectivity index (χ1v) is 2.65. The predicted molar refractivity (Wildman–Crippen MR) is 31.4 cm³/mol. The summed E-state index contributed by atoms with van der Waals surface area (Å²) < 4.78 is 4.98.